The lowest BCUT2D eigenvalue weighted by Gasteiger charge is -2.17. The van der Waals surface area contributed by atoms with Gasteiger partial charge >= 0.3 is 6.18 Å². The topological polar surface area (TPSA) is 62.7 Å². The van der Waals surface area contributed by atoms with Gasteiger partial charge in [0.1, 0.15) is 5.82 Å². The van der Waals surface area contributed by atoms with Crippen LogP contribution in [0.3, 0.4) is 0 Å². The van der Waals surface area contributed by atoms with Gasteiger partial charge in [-0.25, -0.2) is 4.98 Å². The van der Waals surface area contributed by atoms with E-state index in [2.05, 4.69) is 25.6 Å². The van der Waals surface area contributed by atoms with E-state index in [1.54, 1.807) is 24.5 Å². The van der Waals surface area contributed by atoms with Crippen LogP contribution in [0, 0.1) is 6.92 Å². The first-order valence-electron chi connectivity index (χ1n) is 9.90. The Hall–Kier alpha value is -3.16. The van der Waals surface area contributed by atoms with E-state index < -0.39 is 11.7 Å². The smallest absolute Gasteiger partial charge is 0.351 e. The molecule has 156 valence electrons. The Morgan fingerprint density at radius 2 is 1.73 bits per heavy atom. The lowest BCUT2D eigenvalue weighted by atomic mass is 10.1. The summed E-state index contributed by atoms with van der Waals surface area (Å²) in [5.74, 6) is 0.892. The highest BCUT2D eigenvalue weighted by molar-refractivity contribution is 5.69. The highest BCUT2D eigenvalue weighted by Crippen LogP contribution is 2.35. The fourth-order valence-electron chi connectivity index (χ4n) is 3.72. The minimum Gasteiger partial charge on any atom is -0.351 e. The molecular formula is C22H22F3N5. The van der Waals surface area contributed by atoms with Gasteiger partial charge in [0.2, 0.25) is 5.95 Å². The number of benzene rings is 1. The highest BCUT2D eigenvalue weighted by Gasteiger charge is 2.33. The van der Waals surface area contributed by atoms with Crippen molar-refractivity contribution in [1.82, 2.24) is 15.0 Å². The number of aromatic nitrogens is 3. The summed E-state index contributed by atoms with van der Waals surface area (Å²) in [6.45, 7) is 1.45. The molecule has 0 bridgehead atoms. The van der Waals surface area contributed by atoms with E-state index in [1.807, 2.05) is 12.1 Å². The van der Waals surface area contributed by atoms with Crippen molar-refractivity contribution in [1.29, 1.82) is 0 Å². The van der Waals surface area contributed by atoms with Crippen LogP contribution in [0.2, 0.25) is 0 Å². The summed E-state index contributed by atoms with van der Waals surface area (Å²) in [6, 6.07) is 9.79. The molecule has 1 aromatic carbocycles. The molecule has 1 fully saturated rings. The van der Waals surface area contributed by atoms with Crippen LogP contribution in [0.5, 0.6) is 0 Å². The third-order valence-corrected chi connectivity index (χ3v) is 5.29. The van der Waals surface area contributed by atoms with Gasteiger partial charge < -0.3 is 10.6 Å². The van der Waals surface area contributed by atoms with Crippen molar-refractivity contribution < 1.29 is 13.2 Å². The molecule has 0 atom stereocenters. The predicted octanol–water partition coefficient (Wildman–Crippen LogP) is 5.96. The molecule has 0 spiro atoms. The Kier molecular flexibility index (Phi) is 5.57. The van der Waals surface area contributed by atoms with Gasteiger partial charge in [-0.2, -0.15) is 18.2 Å². The SMILES string of the molecule is Cc1c(Nc2cc(-c3ccncc3)nc(NC3CCCC3)n2)cccc1C(F)(F)F. The van der Waals surface area contributed by atoms with Crippen LogP contribution in [-0.2, 0) is 6.18 Å². The summed E-state index contributed by atoms with van der Waals surface area (Å²) < 4.78 is 39.8. The molecule has 1 aliphatic carbocycles. The zero-order valence-corrected chi connectivity index (χ0v) is 16.5. The highest BCUT2D eigenvalue weighted by atomic mass is 19.4. The fraction of sp³-hybridized carbons (Fsp3) is 0.318. The van der Waals surface area contributed by atoms with Crippen molar-refractivity contribution in [3.63, 3.8) is 0 Å². The molecule has 1 aliphatic rings. The Morgan fingerprint density at radius 3 is 2.43 bits per heavy atom. The molecule has 0 aliphatic heterocycles. The number of hydrogen-bond acceptors (Lipinski definition) is 5. The number of nitrogens with zero attached hydrogens (tertiary/aromatic N) is 3. The van der Waals surface area contributed by atoms with Crippen LogP contribution in [0.1, 0.15) is 36.8 Å². The second-order valence-electron chi connectivity index (χ2n) is 7.42. The number of rotatable bonds is 5. The van der Waals surface area contributed by atoms with E-state index in [-0.39, 0.29) is 5.56 Å². The summed E-state index contributed by atoms with van der Waals surface area (Å²) in [5.41, 5.74) is 1.33. The predicted molar refractivity (Wildman–Crippen MR) is 111 cm³/mol. The maximum atomic E-state index is 13.3. The monoisotopic (exact) mass is 413 g/mol. The van der Waals surface area contributed by atoms with Gasteiger partial charge in [-0.05, 0) is 49.6 Å². The number of alkyl halides is 3. The molecule has 8 heteroatoms. The quantitative estimate of drug-likeness (QED) is 0.540. The number of hydrogen-bond donors (Lipinski definition) is 2. The van der Waals surface area contributed by atoms with Crippen LogP contribution >= 0.6 is 0 Å². The van der Waals surface area contributed by atoms with E-state index in [1.165, 1.54) is 13.0 Å². The fourth-order valence-corrected chi connectivity index (χ4v) is 3.72. The summed E-state index contributed by atoms with van der Waals surface area (Å²) in [4.78, 5) is 13.2. The molecule has 5 nitrogen and oxygen atoms in total. The van der Waals surface area contributed by atoms with Gasteiger partial charge in [0.05, 0.1) is 11.3 Å². The van der Waals surface area contributed by atoms with Crippen LogP contribution in [-0.4, -0.2) is 21.0 Å². The van der Waals surface area contributed by atoms with E-state index in [0.717, 1.165) is 37.3 Å². The Bertz CT molecular complexity index is 1020. The lowest BCUT2D eigenvalue weighted by molar-refractivity contribution is -0.138. The zero-order valence-electron chi connectivity index (χ0n) is 16.5. The number of nitrogens with one attached hydrogen (secondary N) is 2. The van der Waals surface area contributed by atoms with E-state index in [0.29, 0.717) is 29.2 Å². The first-order valence-corrected chi connectivity index (χ1v) is 9.90. The molecule has 0 unspecified atom stereocenters. The minimum absolute atomic E-state index is 0.124. The molecule has 3 aromatic rings. The van der Waals surface area contributed by atoms with E-state index in [4.69, 9.17) is 0 Å². The summed E-state index contributed by atoms with van der Waals surface area (Å²) in [7, 11) is 0. The average Bonchev–Trinajstić information content (AvgIpc) is 3.22. The average molecular weight is 413 g/mol. The number of pyridine rings is 1. The molecular weight excluding hydrogens is 391 g/mol. The first kappa shape index (κ1) is 20.1. The van der Waals surface area contributed by atoms with Crippen molar-refractivity contribution >= 4 is 17.5 Å². The third-order valence-electron chi connectivity index (χ3n) is 5.29. The summed E-state index contributed by atoms with van der Waals surface area (Å²) in [5, 5.41) is 6.42. The minimum atomic E-state index is -4.41. The van der Waals surface area contributed by atoms with Crippen LogP contribution < -0.4 is 10.6 Å². The van der Waals surface area contributed by atoms with Crippen molar-refractivity contribution in [2.24, 2.45) is 0 Å². The van der Waals surface area contributed by atoms with E-state index >= 15 is 0 Å². The molecule has 30 heavy (non-hydrogen) atoms. The molecule has 0 radical (unpaired) electrons. The van der Waals surface area contributed by atoms with Crippen molar-refractivity contribution in [3.8, 4) is 11.3 Å². The van der Waals surface area contributed by atoms with Crippen LogP contribution in [0.4, 0.5) is 30.6 Å². The molecule has 0 saturated heterocycles. The number of halogens is 3. The van der Waals surface area contributed by atoms with Gasteiger partial charge in [-0.3, -0.25) is 4.98 Å². The maximum Gasteiger partial charge on any atom is 0.416 e. The van der Waals surface area contributed by atoms with Crippen molar-refractivity contribution in [3.05, 3.63) is 59.9 Å². The molecule has 1 saturated carbocycles. The second-order valence-corrected chi connectivity index (χ2v) is 7.42. The first-order chi connectivity index (χ1) is 14.4. The Morgan fingerprint density at radius 1 is 1.00 bits per heavy atom. The van der Waals surface area contributed by atoms with Crippen LogP contribution in [0.25, 0.3) is 11.3 Å². The van der Waals surface area contributed by atoms with Gasteiger partial charge in [0.25, 0.3) is 0 Å². The summed E-state index contributed by atoms with van der Waals surface area (Å²) in [6.07, 6.45) is 3.37. The third kappa shape index (κ3) is 4.53. The van der Waals surface area contributed by atoms with Gasteiger partial charge in [-0.1, -0.05) is 18.9 Å². The number of anilines is 3. The Balaban J connectivity index is 1.70. The molecule has 4 rings (SSSR count). The molecule has 2 aromatic heterocycles. The Labute approximate surface area is 172 Å². The normalized spacial score (nSPS) is 14.7. The van der Waals surface area contributed by atoms with E-state index in [9.17, 15) is 13.2 Å². The maximum absolute atomic E-state index is 13.3. The van der Waals surface area contributed by atoms with Crippen LogP contribution in [0.15, 0.2) is 48.8 Å². The second kappa shape index (κ2) is 8.30. The standard InChI is InChI=1S/C22H22F3N5/c1-14-17(22(23,24)25)7-4-8-18(14)28-20-13-19(15-9-11-26-12-10-15)29-21(30-20)27-16-5-2-3-6-16/h4,7-13,16H,2-3,5-6H2,1H3,(H2,27,28,29,30). The molecule has 2 N–H and O–H groups in total. The summed E-state index contributed by atoms with van der Waals surface area (Å²) >= 11 is 0. The molecule has 2 heterocycles. The largest absolute Gasteiger partial charge is 0.416 e. The van der Waals surface area contributed by atoms with Gasteiger partial charge in [-0.15, -0.1) is 0 Å². The van der Waals surface area contributed by atoms with Gasteiger partial charge in [0.15, 0.2) is 0 Å². The van der Waals surface area contributed by atoms with Crippen molar-refractivity contribution in [2.45, 2.75) is 44.8 Å². The molecule has 0 amide bonds. The van der Waals surface area contributed by atoms with Crippen molar-refractivity contribution in [2.75, 3.05) is 10.6 Å². The van der Waals surface area contributed by atoms with Gasteiger partial charge in [0, 0.05) is 35.8 Å². The lowest BCUT2D eigenvalue weighted by Crippen LogP contribution is -2.17. The zero-order chi connectivity index (χ0) is 21.1.